The second-order valence-electron chi connectivity index (χ2n) is 3.21. The molecule has 4 heteroatoms. The van der Waals surface area contributed by atoms with Crippen molar-refractivity contribution in [3.05, 3.63) is 46.4 Å². The summed E-state index contributed by atoms with van der Waals surface area (Å²) in [5.41, 5.74) is 3.76. The zero-order chi connectivity index (χ0) is 10.5. The zero-order valence-electron chi connectivity index (χ0n) is 8.18. The predicted molar refractivity (Wildman–Crippen MR) is 60.8 cm³/mol. The van der Waals surface area contributed by atoms with Gasteiger partial charge in [-0.25, -0.2) is 4.98 Å². The summed E-state index contributed by atoms with van der Waals surface area (Å²) < 4.78 is 0. The van der Waals surface area contributed by atoms with Gasteiger partial charge in [-0.2, -0.15) is 0 Å². The lowest BCUT2D eigenvalue weighted by Crippen LogP contribution is -2.12. The standard InChI is InChI=1S/C11H12N2OS/c14-11-4-2-1-3-9(11)5-12-6-10-7-15-8-13-10/h1-4,7-8,12,14H,5-6H2. The van der Waals surface area contributed by atoms with Crippen LogP contribution in [0.25, 0.3) is 0 Å². The van der Waals surface area contributed by atoms with E-state index in [0.717, 1.165) is 17.8 Å². The Morgan fingerprint density at radius 1 is 1.27 bits per heavy atom. The number of aromatic nitrogens is 1. The summed E-state index contributed by atoms with van der Waals surface area (Å²) in [6, 6.07) is 7.34. The Kier molecular flexibility index (Phi) is 3.32. The molecular formula is C11H12N2OS. The molecule has 0 spiro atoms. The van der Waals surface area contributed by atoms with Crippen molar-refractivity contribution in [1.29, 1.82) is 0 Å². The topological polar surface area (TPSA) is 45.1 Å². The fourth-order valence-electron chi connectivity index (χ4n) is 1.31. The molecule has 0 aliphatic heterocycles. The van der Waals surface area contributed by atoms with E-state index in [9.17, 15) is 5.11 Å². The van der Waals surface area contributed by atoms with Crippen molar-refractivity contribution in [2.24, 2.45) is 0 Å². The average molecular weight is 220 g/mol. The predicted octanol–water partition coefficient (Wildman–Crippen LogP) is 2.14. The Hall–Kier alpha value is -1.39. The van der Waals surface area contributed by atoms with Gasteiger partial charge >= 0.3 is 0 Å². The third kappa shape index (κ3) is 2.78. The van der Waals surface area contributed by atoms with E-state index in [1.165, 1.54) is 0 Å². The highest BCUT2D eigenvalue weighted by Crippen LogP contribution is 2.14. The van der Waals surface area contributed by atoms with Gasteiger partial charge in [0.25, 0.3) is 0 Å². The molecule has 0 radical (unpaired) electrons. The number of hydrogen-bond donors (Lipinski definition) is 2. The molecule has 0 unspecified atom stereocenters. The second-order valence-corrected chi connectivity index (χ2v) is 3.93. The maximum absolute atomic E-state index is 9.51. The number of nitrogens with zero attached hydrogens (tertiary/aromatic N) is 1. The summed E-state index contributed by atoms with van der Waals surface area (Å²) >= 11 is 1.59. The molecule has 0 saturated heterocycles. The first kappa shape index (κ1) is 10.1. The number of para-hydroxylation sites is 1. The Bertz CT molecular complexity index is 414. The SMILES string of the molecule is Oc1ccccc1CNCc1cscn1. The van der Waals surface area contributed by atoms with Crippen LogP contribution in [0.3, 0.4) is 0 Å². The Balaban J connectivity index is 1.86. The molecular weight excluding hydrogens is 208 g/mol. The van der Waals surface area contributed by atoms with Crippen LogP contribution >= 0.6 is 11.3 Å². The summed E-state index contributed by atoms with van der Waals surface area (Å²) in [7, 11) is 0. The van der Waals surface area contributed by atoms with Gasteiger partial charge in [-0.15, -0.1) is 11.3 Å². The summed E-state index contributed by atoms with van der Waals surface area (Å²) in [5.74, 6) is 0.336. The molecule has 3 nitrogen and oxygen atoms in total. The van der Waals surface area contributed by atoms with E-state index in [2.05, 4.69) is 10.3 Å². The summed E-state index contributed by atoms with van der Waals surface area (Å²) in [5, 5.41) is 14.8. The molecule has 0 amide bonds. The molecule has 78 valence electrons. The minimum Gasteiger partial charge on any atom is -0.508 e. The molecule has 2 aromatic rings. The van der Waals surface area contributed by atoms with Crippen molar-refractivity contribution >= 4 is 11.3 Å². The molecule has 0 aliphatic rings. The van der Waals surface area contributed by atoms with Crippen molar-refractivity contribution in [1.82, 2.24) is 10.3 Å². The molecule has 0 aliphatic carbocycles. The van der Waals surface area contributed by atoms with E-state index < -0.39 is 0 Å². The van der Waals surface area contributed by atoms with E-state index in [0.29, 0.717) is 12.3 Å². The number of nitrogens with one attached hydrogen (secondary N) is 1. The van der Waals surface area contributed by atoms with Crippen molar-refractivity contribution in [2.45, 2.75) is 13.1 Å². The first-order chi connectivity index (χ1) is 7.36. The van der Waals surface area contributed by atoms with Gasteiger partial charge in [0.1, 0.15) is 5.75 Å². The summed E-state index contributed by atoms with van der Waals surface area (Å²) in [6.07, 6.45) is 0. The van der Waals surface area contributed by atoms with Crippen LogP contribution in [0.1, 0.15) is 11.3 Å². The number of phenols is 1. The van der Waals surface area contributed by atoms with Crippen molar-refractivity contribution in [3.63, 3.8) is 0 Å². The Morgan fingerprint density at radius 2 is 2.13 bits per heavy atom. The number of phenolic OH excluding ortho intramolecular Hbond substituents is 1. The Morgan fingerprint density at radius 3 is 2.87 bits per heavy atom. The van der Waals surface area contributed by atoms with Crippen molar-refractivity contribution in [2.75, 3.05) is 0 Å². The van der Waals surface area contributed by atoms with Gasteiger partial charge in [0.05, 0.1) is 11.2 Å². The third-order valence-electron chi connectivity index (χ3n) is 2.10. The van der Waals surface area contributed by atoms with Gasteiger partial charge in [-0.05, 0) is 6.07 Å². The maximum Gasteiger partial charge on any atom is 0.120 e. The molecule has 1 aromatic heterocycles. The smallest absolute Gasteiger partial charge is 0.120 e. The fraction of sp³-hybridized carbons (Fsp3) is 0.182. The van der Waals surface area contributed by atoms with Gasteiger partial charge in [0.15, 0.2) is 0 Å². The molecule has 1 aromatic carbocycles. The van der Waals surface area contributed by atoms with Crippen LogP contribution in [-0.2, 0) is 13.1 Å². The summed E-state index contributed by atoms with van der Waals surface area (Å²) in [6.45, 7) is 1.39. The van der Waals surface area contributed by atoms with E-state index in [4.69, 9.17) is 0 Å². The first-order valence-corrected chi connectivity index (χ1v) is 5.65. The van der Waals surface area contributed by atoms with E-state index in [1.54, 1.807) is 17.4 Å². The monoisotopic (exact) mass is 220 g/mol. The largest absolute Gasteiger partial charge is 0.508 e. The number of rotatable bonds is 4. The van der Waals surface area contributed by atoms with Gasteiger partial charge in [-0.3, -0.25) is 0 Å². The van der Waals surface area contributed by atoms with E-state index in [-0.39, 0.29) is 0 Å². The van der Waals surface area contributed by atoms with Gasteiger partial charge in [-0.1, -0.05) is 18.2 Å². The molecule has 0 bridgehead atoms. The number of hydrogen-bond acceptors (Lipinski definition) is 4. The molecule has 0 atom stereocenters. The Labute approximate surface area is 92.4 Å². The minimum absolute atomic E-state index is 0.336. The molecule has 2 N–H and O–H groups in total. The van der Waals surface area contributed by atoms with Crippen molar-refractivity contribution in [3.8, 4) is 5.75 Å². The normalized spacial score (nSPS) is 10.4. The lowest BCUT2D eigenvalue weighted by molar-refractivity contribution is 0.464. The van der Waals surface area contributed by atoms with Crippen LogP contribution < -0.4 is 5.32 Å². The van der Waals surface area contributed by atoms with Crippen LogP contribution in [0, 0.1) is 0 Å². The van der Waals surface area contributed by atoms with Gasteiger partial charge < -0.3 is 10.4 Å². The van der Waals surface area contributed by atoms with Crippen LogP contribution in [0.2, 0.25) is 0 Å². The highest BCUT2D eigenvalue weighted by atomic mass is 32.1. The van der Waals surface area contributed by atoms with Crippen LogP contribution in [0.15, 0.2) is 35.2 Å². The lowest BCUT2D eigenvalue weighted by Gasteiger charge is -2.04. The number of thiazole rings is 1. The fourth-order valence-corrected chi connectivity index (χ4v) is 1.87. The van der Waals surface area contributed by atoms with Gasteiger partial charge in [0.2, 0.25) is 0 Å². The number of aromatic hydroxyl groups is 1. The molecule has 2 rings (SSSR count). The molecule has 15 heavy (non-hydrogen) atoms. The first-order valence-electron chi connectivity index (χ1n) is 4.71. The average Bonchev–Trinajstić information content (AvgIpc) is 2.74. The number of benzene rings is 1. The third-order valence-corrected chi connectivity index (χ3v) is 2.73. The minimum atomic E-state index is 0.336. The summed E-state index contributed by atoms with van der Waals surface area (Å²) in [4.78, 5) is 4.16. The molecule has 1 heterocycles. The van der Waals surface area contributed by atoms with E-state index in [1.807, 2.05) is 29.1 Å². The van der Waals surface area contributed by atoms with Crippen molar-refractivity contribution < 1.29 is 5.11 Å². The van der Waals surface area contributed by atoms with E-state index >= 15 is 0 Å². The highest BCUT2D eigenvalue weighted by molar-refractivity contribution is 7.07. The second kappa shape index (κ2) is 4.91. The van der Waals surface area contributed by atoms with Gasteiger partial charge in [0, 0.05) is 24.0 Å². The highest BCUT2D eigenvalue weighted by Gasteiger charge is 1.99. The maximum atomic E-state index is 9.51. The van der Waals surface area contributed by atoms with Crippen LogP contribution in [0.5, 0.6) is 5.75 Å². The van der Waals surface area contributed by atoms with Crippen LogP contribution in [0.4, 0.5) is 0 Å². The lowest BCUT2D eigenvalue weighted by atomic mass is 10.2. The molecule has 0 fully saturated rings. The quantitative estimate of drug-likeness (QED) is 0.829. The zero-order valence-corrected chi connectivity index (χ0v) is 9.00. The van der Waals surface area contributed by atoms with Crippen LogP contribution in [-0.4, -0.2) is 10.1 Å². The molecule has 0 saturated carbocycles.